The molecule has 0 saturated heterocycles. The highest BCUT2D eigenvalue weighted by Crippen LogP contribution is 2.14. The van der Waals surface area contributed by atoms with Crippen molar-refractivity contribution in [1.82, 2.24) is 10.1 Å². The van der Waals surface area contributed by atoms with E-state index < -0.39 is 0 Å². The Balaban J connectivity index is 1.70. The molecule has 0 saturated carbocycles. The first-order valence-electron chi connectivity index (χ1n) is 8.52. The number of amides is 1. The van der Waals surface area contributed by atoms with E-state index in [4.69, 9.17) is 4.52 Å². The van der Waals surface area contributed by atoms with Crippen molar-refractivity contribution in [2.45, 2.75) is 26.3 Å². The van der Waals surface area contributed by atoms with Crippen molar-refractivity contribution in [3.05, 3.63) is 89.3 Å². The van der Waals surface area contributed by atoms with E-state index >= 15 is 0 Å². The van der Waals surface area contributed by atoms with Gasteiger partial charge in [-0.2, -0.15) is 0 Å². The van der Waals surface area contributed by atoms with Gasteiger partial charge in [-0.1, -0.05) is 65.8 Å². The van der Waals surface area contributed by atoms with Gasteiger partial charge in [0.05, 0.1) is 5.69 Å². The van der Waals surface area contributed by atoms with Gasteiger partial charge in [-0.15, -0.1) is 0 Å². The lowest BCUT2D eigenvalue weighted by atomic mass is 10.1. The molecule has 3 rings (SSSR count). The first kappa shape index (κ1) is 17.0. The number of carbonyl (C=O) groups excluding carboxylic acids is 1. The molecule has 4 nitrogen and oxygen atoms in total. The third kappa shape index (κ3) is 4.57. The highest BCUT2D eigenvalue weighted by Gasteiger charge is 2.20. The fourth-order valence-electron chi connectivity index (χ4n) is 2.84. The van der Waals surface area contributed by atoms with Crippen LogP contribution >= 0.6 is 0 Å². The van der Waals surface area contributed by atoms with Crippen LogP contribution in [0.15, 0.2) is 71.4 Å². The summed E-state index contributed by atoms with van der Waals surface area (Å²) in [7, 11) is 0. The Morgan fingerprint density at radius 2 is 1.64 bits per heavy atom. The summed E-state index contributed by atoms with van der Waals surface area (Å²) in [5.41, 5.74) is 3.57. The Bertz CT molecular complexity index is 797. The van der Waals surface area contributed by atoms with Crippen molar-refractivity contribution in [1.29, 1.82) is 0 Å². The van der Waals surface area contributed by atoms with Crippen LogP contribution in [0.25, 0.3) is 0 Å². The average Bonchev–Trinajstić information content (AvgIpc) is 3.08. The molecular formula is C21H22N2O2. The summed E-state index contributed by atoms with van der Waals surface area (Å²) < 4.78 is 4.94. The summed E-state index contributed by atoms with van der Waals surface area (Å²) in [6.45, 7) is 3.06. The van der Waals surface area contributed by atoms with E-state index in [1.54, 1.807) is 6.92 Å². The van der Waals surface area contributed by atoms with Crippen LogP contribution in [0.5, 0.6) is 0 Å². The number of hydrogen-bond acceptors (Lipinski definition) is 3. The topological polar surface area (TPSA) is 46.3 Å². The van der Waals surface area contributed by atoms with Crippen molar-refractivity contribution in [3.8, 4) is 0 Å². The summed E-state index contributed by atoms with van der Waals surface area (Å²) in [6.07, 6.45) is 3.29. The van der Waals surface area contributed by atoms with Crippen LogP contribution in [-0.4, -0.2) is 22.5 Å². The number of aryl methyl sites for hydroxylation is 2. The molecule has 1 amide bonds. The lowest BCUT2D eigenvalue weighted by molar-refractivity contribution is 0.0740. The van der Waals surface area contributed by atoms with E-state index in [1.807, 2.05) is 53.4 Å². The number of aromatic nitrogens is 1. The SMILES string of the molecule is Cc1nocc1C(=O)N(CCCc1ccccc1)Cc1ccccc1. The molecule has 0 aliphatic carbocycles. The highest BCUT2D eigenvalue weighted by molar-refractivity contribution is 5.94. The second-order valence-electron chi connectivity index (χ2n) is 6.12. The van der Waals surface area contributed by atoms with E-state index in [0.29, 0.717) is 24.3 Å². The molecule has 3 aromatic rings. The van der Waals surface area contributed by atoms with Gasteiger partial charge in [0.15, 0.2) is 0 Å². The molecule has 1 aromatic heterocycles. The Hall–Kier alpha value is -2.88. The zero-order chi connectivity index (χ0) is 17.5. The zero-order valence-corrected chi connectivity index (χ0v) is 14.4. The van der Waals surface area contributed by atoms with Crippen LogP contribution in [0.1, 0.15) is 33.6 Å². The molecule has 128 valence electrons. The monoisotopic (exact) mass is 334 g/mol. The minimum absolute atomic E-state index is 0.0318. The third-order valence-corrected chi connectivity index (χ3v) is 4.22. The molecule has 0 aliphatic rings. The minimum atomic E-state index is -0.0318. The first-order valence-corrected chi connectivity index (χ1v) is 8.52. The molecule has 25 heavy (non-hydrogen) atoms. The van der Waals surface area contributed by atoms with Crippen LogP contribution in [0.4, 0.5) is 0 Å². The van der Waals surface area contributed by atoms with E-state index in [1.165, 1.54) is 11.8 Å². The molecule has 0 fully saturated rings. The maximum absolute atomic E-state index is 12.9. The molecule has 0 N–H and O–H groups in total. The van der Waals surface area contributed by atoms with Crippen molar-refractivity contribution < 1.29 is 9.32 Å². The maximum atomic E-state index is 12.9. The van der Waals surface area contributed by atoms with Crippen molar-refractivity contribution in [3.63, 3.8) is 0 Å². The normalized spacial score (nSPS) is 10.6. The Morgan fingerprint density at radius 3 is 2.24 bits per heavy atom. The lowest BCUT2D eigenvalue weighted by Gasteiger charge is -2.22. The number of benzene rings is 2. The zero-order valence-electron chi connectivity index (χ0n) is 14.4. The molecule has 0 aliphatic heterocycles. The standard InChI is InChI=1S/C21H22N2O2/c1-17-20(16-25-22-17)21(24)23(15-19-11-6-3-7-12-19)14-8-13-18-9-4-2-5-10-18/h2-7,9-12,16H,8,13-15H2,1H3. The lowest BCUT2D eigenvalue weighted by Crippen LogP contribution is -2.32. The first-order chi connectivity index (χ1) is 12.2. The van der Waals surface area contributed by atoms with Gasteiger partial charge in [-0.3, -0.25) is 4.79 Å². The van der Waals surface area contributed by atoms with Crippen molar-refractivity contribution in [2.24, 2.45) is 0 Å². The number of carbonyl (C=O) groups is 1. The summed E-state index contributed by atoms with van der Waals surface area (Å²) >= 11 is 0. The second kappa shape index (κ2) is 8.29. The van der Waals surface area contributed by atoms with Crippen LogP contribution < -0.4 is 0 Å². The van der Waals surface area contributed by atoms with E-state index in [0.717, 1.165) is 18.4 Å². The fourth-order valence-corrected chi connectivity index (χ4v) is 2.84. The summed E-state index contributed by atoms with van der Waals surface area (Å²) in [5.74, 6) is -0.0318. The van der Waals surface area contributed by atoms with Crippen LogP contribution in [0, 0.1) is 6.92 Å². The number of nitrogens with zero attached hydrogens (tertiary/aromatic N) is 2. The van der Waals surface area contributed by atoms with Crippen LogP contribution in [0.3, 0.4) is 0 Å². The Morgan fingerprint density at radius 1 is 1.00 bits per heavy atom. The predicted octanol–water partition coefficient (Wildman–Crippen LogP) is 4.26. The van der Waals surface area contributed by atoms with Gasteiger partial charge in [-0.25, -0.2) is 0 Å². The molecule has 0 radical (unpaired) electrons. The molecule has 0 spiro atoms. The van der Waals surface area contributed by atoms with E-state index in [9.17, 15) is 4.79 Å². The van der Waals surface area contributed by atoms with Gasteiger partial charge in [0.25, 0.3) is 5.91 Å². The van der Waals surface area contributed by atoms with Gasteiger partial charge < -0.3 is 9.42 Å². The molecular weight excluding hydrogens is 312 g/mol. The largest absolute Gasteiger partial charge is 0.364 e. The average molecular weight is 334 g/mol. The van der Waals surface area contributed by atoms with Crippen molar-refractivity contribution in [2.75, 3.05) is 6.54 Å². The molecule has 0 atom stereocenters. The van der Waals surface area contributed by atoms with Gasteiger partial charge in [0, 0.05) is 13.1 Å². The molecule has 1 heterocycles. The second-order valence-corrected chi connectivity index (χ2v) is 6.12. The highest BCUT2D eigenvalue weighted by atomic mass is 16.5. The fraction of sp³-hybridized carbons (Fsp3) is 0.238. The molecule has 4 heteroatoms. The van der Waals surface area contributed by atoms with Crippen LogP contribution in [-0.2, 0) is 13.0 Å². The summed E-state index contributed by atoms with van der Waals surface area (Å²) in [6, 6.07) is 20.4. The quantitative estimate of drug-likeness (QED) is 0.648. The predicted molar refractivity (Wildman–Crippen MR) is 97.2 cm³/mol. The summed E-state index contributed by atoms with van der Waals surface area (Å²) in [5, 5.41) is 3.83. The van der Waals surface area contributed by atoms with E-state index in [2.05, 4.69) is 17.3 Å². The van der Waals surface area contributed by atoms with E-state index in [-0.39, 0.29) is 5.91 Å². The van der Waals surface area contributed by atoms with Crippen LogP contribution in [0.2, 0.25) is 0 Å². The number of rotatable bonds is 7. The maximum Gasteiger partial charge on any atom is 0.259 e. The Labute approximate surface area is 148 Å². The van der Waals surface area contributed by atoms with Crippen molar-refractivity contribution >= 4 is 5.91 Å². The van der Waals surface area contributed by atoms with Gasteiger partial charge in [0.1, 0.15) is 11.8 Å². The molecule has 0 unspecified atom stereocenters. The molecule has 2 aromatic carbocycles. The minimum Gasteiger partial charge on any atom is -0.364 e. The Kier molecular flexibility index (Phi) is 5.62. The summed E-state index contributed by atoms with van der Waals surface area (Å²) in [4.78, 5) is 14.8. The van der Waals surface area contributed by atoms with Gasteiger partial charge in [0.2, 0.25) is 0 Å². The van der Waals surface area contributed by atoms with Gasteiger partial charge >= 0.3 is 0 Å². The molecule has 0 bridgehead atoms. The third-order valence-electron chi connectivity index (χ3n) is 4.22. The smallest absolute Gasteiger partial charge is 0.259 e. The number of hydrogen-bond donors (Lipinski definition) is 0. The van der Waals surface area contributed by atoms with Gasteiger partial charge in [-0.05, 0) is 30.9 Å².